The Morgan fingerprint density at radius 1 is 1.45 bits per heavy atom. The van der Waals surface area contributed by atoms with Crippen molar-refractivity contribution in [2.75, 3.05) is 0 Å². The summed E-state index contributed by atoms with van der Waals surface area (Å²) in [6, 6.07) is 0. The zero-order valence-corrected chi connectivity index (χ0v) is 6.64. The van der Waals surface area contributed by atoms with E-state index in [4.69, 9.17) is 0 Å². The highest BCUT2D eigenvalue weighted by molar-refractivity contribution is 7.08. The predicted molar refractivity (Wildman–Crippen MR) is 44.6 cm³/mol. The third-order valence-electron chi connectivity index (χ3n) is 2.07. The highest BCUT2D eigenvalue weighted by atomic mass is 32.1. The van der Waals surface area contributed by atoms with E-state index < -0.39 is 0 Å². The maximum atomic E-state index is 4.09. The van der Waals surface area contributed by atoms with Gasteiger partial charge in [-0.1, -0.05) is 0 Å². The minimum Gasteiger partial charge on any atom is -0.326 e. The molecule has 0 bridgehead atoms. The van der Waals surface area contributed by atoms with Gasteiger partial charge in [0.1, 0.15) is 0 Å². The molecule has 3 heterocycles. The minimum absolute atomic E-state index is 1.01. The van der Waals surface area contributed by atoms with E-state index in [-0.39, 0.29) is 0 Å². The number of fused-ring (bicyclic) bond motifs is 3. The SMILES string of the molecule is c1scc2c1Cn1cncc1-2. The summed E-state index contributed by atoms with van der Waals surface area (Å²) in [5.41, 5.74) is 4.07. The topological polar surface area (TPSA) is 17.8 Å². The first kappa shape index (κ1) is 5.55. The van der Waals surface area contributed by atoms with E-state index in [9.17, 15) is 0 Å². The molecule has 54 valence electrons. The van der Waals surface area contributed by atoms with Gasteiger partial charge in [-0.15, -0.1) is 0 Å². The van der Waals surface area contributed by atoms with E-state index in [1.54, 1.807) is 11.3 Å². The molecule has 0 saturated heterocycles. The van der Waals surface area contributed by atoms with Gasteiger partial charge in [-0.25, -0.2) is 4.98 Å². The van der Waals surface area contributed by atoms with Crippen LogP contribution in [-0.4, -0.2) is 9.55 Å². The van der Waals surface area contributed by atoms with E-state index in [2.05, 4.69) is 20.3 Å². The molecule has 2 nitrogen and oxygen atoms in total. The minimum atomic E-state index is 1.01. The first-order valence-corrected chi connectivity index (χ1v) is 4.45. The molecule has 2 aromatic heterocycles. The van der Waals surface area contributed by atoms with Crippen molar-refractivity contribution in [2.24, 2.45) is 0 Å². The smallest absolute Gasteiger partial charge is 0.0954 e. The average Bonchev–Trinajstić information content (AvgIpc) is 2.52. The van der Waals surface area contributed by atoms with Crippen LogP contribution in [0.1, 0.15) is 5.56 Å². The highest BCUT2D eigenvalue weighted by Crippen LogP contribution is 2.33. The van der Waals surface area contributed by atoms with Crippen LogP contribution in [0.5, 0.6) is 0 Å². The van der Waals surface area contributed by atoms with Crippen molar-refractivity contribution in [1.29, 1.82) is 0 Å². The lowest BCUT2D eigenvalue weighted by atomic mass is 10.2. The van der Waals surface area contributed by atoms with Gasteiger partial charge in [0.15, 0.2) is 0 Å². The van der Waals surface area contributed by atoms with Crippen molar-refractivity contribution in [3.05, 3.63) is 28.8 Å². The van der Waals surface area contributed by atoms with Gasteiger partial charge in [-0.2, -0.15) is 11.3 Å². The third-order valence-corrected chi connectivity index (χ3v) is 2.86. The first-order chi connectivity index (χ1) is 5.45. The fourth-order valence-electron chi connectivity index (χ4n) is 1.53. The third kappa shape index (κ3) is 0.587. The Morgan fingerprint density at radius 2 is 2.45 bits per heavy atom. The summed E-state index contributed by atoms with van der Waals surface area (Å²) in [6.45, 7) is 1.01. The average molecular weight is 162 g/mol. The molecule has 0 atom stereocenters. The maximum Gasteiger partial charge on any atom is 0.0954 e. The van der Waals surface area contributed by atoms with Crippen LogP contribution in [0.4, 0.5) is 0 Å². The fraction of sp³-hybridized carbons (Fsp3) is 0.125. The van der Waals surface area contributed by atoms with Crippen LogP contribution in [0.15, 0.2) is 23.3 Å². The molecule has 0 radical (unpaired) electrons. The number of hydrogen-bond donors (Lipinski definition) is 0. The van der Waals surface area contributed by atoms with Crippen LogP contribution >= 0.6 is 11.3 Å². The van der Waals surface area contributed by atoms with Crippen LogP contribution in [0.2, 0.25) is 0 Å². The number of thiophene rings is 1. The fourth-order valence-corrected chi connectivity index (χ4v) is 2.37. The number of nitrogens with zero attached hydrogens (tertiary/aromatic N) is 2. The molecule has 0 aromatic carbocycles. The highest BCUT2D eigenvalue weighted by Gasteiger charge is 2.17. The van der Waals surface area contributed by atoms with Crippen LogP contribution in [-0.2, 0) is 6.54 Å². The number of aromatic nitrogens is 2. The zero-order chi connectivity index (χ0) is 7.26. The van der Waals surface area contributed by atoms with Crippen molar-refractivity contribution in [1.82, 2.24) is 9.55 Å². The molecule has 0 N–H and O–H groups in total. The van der Waals surface area contributed by atoms with Crippen molar-refractivity contribution in [3.63, 3.8) is 0 Å². The molecule has 0 aliphatic carbocycles. The molecule has 2 aromatic rings. The quantitative estimate of drug-likeness (QED) is 0.494. The molecular weight excluding hydrogens is 156 g/mol. The Kier molecular flexibility index (Phi) is 0.876. The lowest BCUT2D eigenvalue weighted by Crippen LogP contribution is -1.88. The molecule has 0 amide bonds. The molecule has 0 fully saturated rings. The second-order valence-electron chi connectivity index (χ2n) is 2.72. The summed E-state index contributed by atoms with van der Waals surface area (Å²) in [7, 11) is 0. The predicted octanol–water partition coefficient (Wildman–Crippen LogP) is 1.97. The molecular formula is C8H6N2S. The van der Waals surface area contributed by atoms with Crippen LogP contribution in [0.25, 0.3) is 11.3 Å². The monoisotopic (exact) mass is 162 g/mol. The zero-order valence-electron chi connectivity index (χ0n) is 5.82. The molecule has 0 saturated carbocycles. The molecule has 3 rings (SSSR count). The lowest BCUT2D eigenvalue weighted by Gasteiger charge is -1.91. The molecule has 0 unspecified atom stereocenters. The van der Waals surface area contributed by atoms with Crippen molar-refractivity contribution >= 4 is 11.3 Å². The van der Waals surface area contributed by atoms with E-state index in [0.29, 0.717) is 0 Å². The Balaban J connectivity index is 2.38. The molecule has 1 aliphatic rings. The summed E-state index contributed by atoms with van der Waals surface area (Å²) >= 11 is 1.77. The number of hydrogen-bond acceptors (Lipinski definition) is 2. The molecule has 3 heteroatoms. The maximum absolute atomic E-state index is 4.09. The van der Waals surface area contributed by atoms with Crippen LogP contribution < -0.4 is 0 Å². The van der Waals surface area contributed by atoms with Gasteiger partial charge in [0.2, 0.25) is 0 Å². The number of rotatable bonds is 0. The summed E-state index contributed by atoms with van der Waals surface area (Å²) < 4.78 is 2.18. The first-order valence-electron chi connectivity index (χ1n) is 3.51. The summed E-state index contributed by atoms with van der Waals surface area (Å²) in [5.74, 6) is 0. The van der Waals surface area contributed by atoms with Crippen LogP contribution in [0, 0.1) is 0 Å². The Hall–Kier alpha value is -1.09. The van der Waals surface area contributed by atoms with Gasteiger partial charge in [0.05, 0.1) is 24.8 Å². The number of imidazole rings is 1. The van der Waals surface area contributed by atoms with Crippen molar-refractivity contribution < 1.29 is 0 Å². The van der Waals surface area contributed by atoms with E-state index in [1.807, 2.05) is 12.5 Å². The largest absolute Gasteiger partial charge is 0.326 e. The van der Waals surface area contributed by atoms with E-state index >= 15 is 0 Å². The molecule has 1 aliphatic heterocycles. The van der Waals surface area contributed by atoms with Gasteiger partial charge in [-0.3, -0.25) is 0 Å². The Morgan fingerprint density at radius 3 is 3.45 bits per heavy atom. The summed E-state index contributed by atoms with van der Waals surface area (Å²) in [5, 5.41) is 4.40. The van der Waals surface area contributed by atoms with Crippen LogP contribution in [0.3, 0.4) is 0 Å². The van der Waals surface area contributed by atoms with Gasteiger partial charge in [0.25, 0.3) is 0 Å². The van der Waals surface area contributed by atoms with E-state index in [0.717, 1.165) is 6.54 Å². The normalized spacial score (nSPS) is 13.1. The Labute approximate surface area is 68.1 Å². The van der Waals surface area contributed by atoms with Crippen molar-refractivity contribution in [2.45, 2.75) is 6.54 Å². The lowest BCUT2D eigenvalue weighted by molar-refractivity contribution is 0.841. The molecule has 0 spiro atoms. The van der Waals surface area contributed by atoms with Gasteiger partial charge in [0, 0.05) is 10.9 Å². The van der Waals surface area contributed by atoms with Crippen molar-refractivity contribution in [3.8, 4) is 11.3 Å². The molecule has 11 heavy (non-hydrogen) atoms. The second-order valence-corrected chi connectivity index (χ2v) is 3.46. The van der Waals surface area contributed by atoms with E-state index in [1.165, 1.54) is 16.8 Å². The van der Waals surface area contributed by atoms with Gasteiger partial charge < -0.3 is 4.57 Å². The second kappa shape index (κ2) is 1.74. The summed E-state index contributed by atoms with van der Waals surface area (Å²) in [4.78, 5) is 4.09. The van der Waals surface area contributed by atoms with Gasteiger partial charge in [-0.05, 0) is 10.9 Å². The standard InChI is InChI=1S/C8H6N2S/c1-8-7-4-11-3-6(7)2-10(8)5-9-1/h1,3-5H,2H2. The summed E-state index contributed by atoms with van der Waals surface area (Å²) in [6.07, 6.45) is 3.82. The van der Waals surface area contributed by atoms with Gasteiger partial charge >= 0.3 is 0 Å². The Bertz CT molecular complexity index is 361.